The van der Waals surface area contributed by atoms with Crippen molar-refractivity contribution in [2.24, 2.45) is 0 Å². The Morgan fingerprint density at radius 1 is 1.10 bits per heavy atom. The van der Waals surface area contributed by atoms with Crippen LogP contribution < -0.4 is 9.62 Å². The second kappa shape index (κ2) is 8.04. The van der Waals surface area contributed by atoms with E-state index in [2.05, 4.69) is 15.4 Å². The van der Waals surface area contributed by atoms with Crippen molar-refractivity contribution >= 4 is 21.6 Å². The van der Waals surface area contributed by atoms with E-state index in [-0.39, 0.29) is 17.7 Å². The van der Waals surface area contributed by atoms with Crippen LogP contribution in [-0.2, 0) is 16.6 Å². The van der Waals surface area contributed by atoms with Gasteiger partial charge < -0.3 is 5.32 Å². The third kappa shape index (κ3) is 4.29. The highest BCUT2D eigenvalue weighted by Gasteiger charge is 2.28. The molecule has 1 aliphatic heterocycles. The third-order valence-corrected chi connectivity index (χ3v) is 6.73. The molecule has 0 aliphatic carbocycles. The molecule has 9 heteroatoms. The van der Waals surface area contributed by atoms with E-state index in [1.807, 2.05) is 30.3 Å². The van der Waals surface area contributed by atoms with Gasteiger partial charge in [-0.25, -0.2) is 13.4 Å². The van der Waals surface area contributed by atoms with Gasteiger partial charge in [0.25, 0.3) is 5.91 Å². The van der Waals surface area contributed by atoms with Crippen molar-refractivity contribution in [1.82, 2.24) is 20.1 Å². The van der Waals surface area contributed by atoms with Gasteiger partial charge in [0.1, 0.15) is 12.7 Å². The van der Waals surface area contributed by atoms with E-state index in [4.69, 9.17) is 0 Å². The van der Waals surface area contributed by atoms with E-state index >= 15 is 0 Å². The smallest absolute Gasteiger partial charge is 0.251 e. The zero-order chi connectivity index (χ0) is 20.3. The Hall–Kier alpha value is -3.20. The normalized spacial score (nSPS) is 16.5. The number of nitrogens with one attached hydrogen (secondary N) is 1. The average Bonchev–Trinajstić information content (AvgIpc) is 3.37. The topological polar surface area (TPSA) is 97.2 Å². The molecule has 1 fully saturated rings. The van der Waals surface area contributed by atoms with Crippen LogP contribution in [0.2, 0.25) is 0 Å². The van der Waals surface area contributed by atoms with E-state index in [0.717, 1.165) is 5.56 Å². The minimum Gasteiger partial charge on any atom is -0.343 e. The maximum absolute atomic E-state index is 12.8. The zero-order valence-electron chi connectivity index (χ0n) is 15.7. The van der Waals surface area contributed by atoms with Crippen molar-refractivity contribution in [3.05, 3.63) is 78.4 Å². The Bertz CT molecular complexity index is 1070. The van der Waals surface area contributed by atoms with Crippen molar-refractivity contribution in [2.45, 2.75) is 19.0 Å². The van der Waals surface area contributed by atoms with Gasteiger partial charge in [-0.15, -0.1) is 0 Å². The molecule has 0 bridgehead atoms. The fraction of sp³-hybridized carbons (Fsp3) is 0.250. The molecule has 0 spiro atoms. The summed E-state index contributed by atoms with van der Waals surface area (Å²) >= 11 is 0. The molecule has 1 atom stereocenters. The predicted octanol–water partition coefficient (Wildman–Crippen LogP) is 1.99. The van der Waals surface area contributed by atoms with Crippen LogP contribution in [0.25, 0.3) is 0 Å². The van der Waals surface area contributed by atoms with Crippen LogP contribution in [0, 0.1) is 0 Å². The van der Waals surface area contributed by atoms with E-state index in [1.165, 1.54) is 10.6 Å². The number of carbonyl (C=O) groups is 1. The minimum absolute atomic E-state index is 0.163. The molecule has 150 valence electrons. The van der Waals surface area contributed by atoms with Crippen LogP contribution in [0.4, 0.5) is 5.69 Å². The molecular weight excluding hydrogens is 390 g/mol. The number of sulfonamides is 1. The van der Waals surface area contributed by atoms with E-state index in [0.29, 0.717) is 30.8 Å². The third-order valence-electron chi connectivity index (χ3n) is 4.86. The van der Waals surface area contributed by atoms with Gasteiger partial charge in [-0.3, -0.25) is 13.8 Å². The summed E-state index contributed by atoms with van der Waals surface area (Å²) in [5, 5.41) is 7.16. The average molecular weight is 411 g/mol. The Labute approximate surface area is 169 Å². The van der Waals surface area contributed by atoms with Crippen LogP contribution >= 0.6 is 0 Å². The van der Waals surface area contributed by atoms with Crippen molar-refractivity contribution in [1.29, 1.82) is 0 Å². The monoisotopic (exact) mass is 411 g/mol. The van der Waals surface area contributed by atoms with Gasteiger partial charge in [-0.2, -0.15) is 5.10 Å². The minimum atomic E-state index is -3.24. The van der Waals surface area contributed by atoms with E-state index in [9.17, 15) is 13.2 Å². The largest absolute Gasteiger partial charge is 0.343 e. The van der Waals surface area contributed by atoms with Crippen molar-refractivity contribution < 1.29 is 13.2 Å². The van der Waals surface area contributed by atoms with Gasteiger partial charge in [0, 0.05) is 12.1 Å². The number of rotatable bonds is 6. The van der Waals surface area contributed by atoms with Gasteiger partial charge >= 0.3 is 0 Å². The zero-order valence-corrected chi connectivity index (χ0v) is 16.5. The highest BCUT2D eigenvalue weighted by Crippen LogP contribution is 2.24. The lowest BCUT2D eigenvalue weighted by atomic mass is 10.1. The first-order chi connectivity index (χ1) is 14.0. The van der Waals surface area contributed by atoms with Crippen molar-refractivity contribution in [3.8, 4) is 0 Å². The van der Waals surface area contributed by atoms with Gasteiger partial charge in [0.15, 0.2) is 0 Å². The quantitative estimate of drug-likeness (QED) is 0.669. The molecular formula is C20H21N5O3S. The first-order valence-electron chi connectivity index (χ1n) is 9.32. The lowest BCUT2D eigenvalue weighted by Gasteiger charge is -2.20. The van der Waals surface area contributed by atoms with Gasteiger partial charge in [-0.05, 0) is 36.2 Å². The molecule has 2 aromatic carbocycles. The Balaban J connectivity index is 1.51. The molecule has 1 saturated heterocycles. The van der Waals surface area contributed by atoms with E-state index < -0.39 is 10.0 Å². The molecule has 29 heavy (non-hydrogen) atoms. The standard InChI is InChI=1S/C20H21N5O3S/c26-20(17-7-9-18(10-8-17)25-11-4-12-29(25,27)28)23-19(13-24-15-21-14-22-24)16-5-2-1-3-6-16/h1-3,5-10,14-15,19H,4,11-13H2,(H,23,26). The van der Waals surface area contributed by atoms with Crippen molar-refractivity contribution in [2.75, 3.05) is 16.6 Å². The number of hydrogen-bond donors (Lipinski definition) is 1. The lowest BCUT2D eigenvalue weighted by molar-refractivity contribution is 0.0932. The number of benzene rings is 2. The number of aromatic nitrogens is 3. The fourth-order valence-corrected chi connectivity index (χ4v) is 4.95. The van der Waals surface area contributed by atoms with Crippen LogP contribution in [0.5, 0.6) is 0 Å². The number of anilines is 1. The molecule has 3 aromatic rings. The molecule has 1 aliphatic rings. The lowest BCUT2D eigenvalue weighted by Crippen LogP contribution is -2.31. The number of hydrogen-bond acceptors (Lipinski definition) is 5. The number of carbonyl (C=O) groups excluding carboxylic acids is 1. The summed E-state index contributed by atoms with van der Waals surface area (Å²) in [6.45, 7) is 0.918. The Kier molecular flexibility index (Phi) is 5.30. The number of amides is 1. The van der Waals surface area contributed by atoms with Crippen molar-refractivity contribution in [3.63, 3.8) is 0 Å². The maximum atomic E-state index is 12.8. The summed E-state index contributed by atoms with van der Waals surface area (Å²) in [7, 11) is -3.24. The molecule has 0 radical (unpaired) electrons. The van der Waals surface area contributed by atoms with E-state index in [1.54, 1.807) is 35.3 Å². The van der Waals surface area contributed by atoms with Gasteiger partial charge in [0.05, 0.1) is 24.0 Å². The summed E-state index contributed by atoms with van der Waals surface area (Å²) in [5.41, 5.74) is 2.00. The molecule has 8 nitrogen and oxygen atoms in total. The molecule has 2 heterocycles. The second-order valence-electron chi connectivity index (χ2n) is 6.84. The maximum Gasteiger partial charge on any atom is 0.251 e. The van der Waals surface area contributed by atoms with Crippen LogP contribution in [0.15, 0.2) is 67.3 Å². The second-order valence-corrected chi connectivity index (χ2v) is 8.86. The highest BCUT2D eigenvalue weighted by molar-refractivity contribution is 7.93. The summed E-state index contributed by atoms with van der Waals surface area (Å²) in [4.78, 5) is 16.8. The molecule has 4 rings (SSSR count). The SMILES string of the molecule is O=C(NC(Cn1cncn1)c1ccccc1)c1ccc(N2CCCS2(=O)=O)cc1. The molecule has 1 unspecified atom stereocenters. The summed E-state index contributed by atoms with van der Waals surface area (Å²) in [6, 6.07) is 16.0. The van der Waals surface area contributed by atoms with Crippen LogP contribution in [0.3, 0.4) is 0 Å². The summed E-state index contributed by atoms with van der Waals surface area (Å²) in [6.07, 6.45) is 3.67. The predicted molar refractivity (Wildman–Crippen MR) is 109 cm³/mol. The molecule has 1 amide bonds. The van der Waals surface area contributed by atoms with Crippen LogP contribution in [0.1, 0.15) is 28.4 Å². The molecule has 1 N–H and O–H groups in total. The Morgan fingerprint density at radius 3 is 2.48 bits per heavy atom. The van der Waals surface area contributed by atoms with Gasteiger partial charge in [-0.1, -0.05) is 30.3 Å². The highest BCUT2D eigenvalue weighted by atomic mass is 32.2. The first kappa shape index (κ1) is 19.1. The first-order valence-corrected chi connectivity index (χ1v) is 10.9. The summed E-state index contributed by atoms with van der Waals surface area (Å²) in [5.74, 6) is -0.0780. The Morgan fingerprint density at radius 2 is 1.86 bits per heavy atom. The number of nitrogens with zero attached hydrogens (tertiary/aromatic N) is 4. The molecule has 0 saturated carbocycles. The fourth-order valence-electron chi connectivity index (χ4n) is 3.38. The van der Waals surface area contributed by atoms with Crippen LogP contribution in [-0.4, -0.2) is 41.4 Å². The molecule has 1 aromatic heterocycles. The van der Waals surface area contributed by atoms with Gasteiger partial charge in [0.2, 0.25) is 10.0 Å². The summed E-state index contributed by atoms with van der Waals surface area (Å²) < 4.78 is 27.2.